The van der Waals surface area contributed by atoms with Gasteiger partial charge < -0.3 is 10.1 Å². The SMILES string of the molecule is c1ccc2sc(NC3CCCOC3)nc2c1. The first-order chi connectivity index (χ1) is 7.92. The molecule has 1 fully saturated rings. The van der Waals surface area contributed by atoms with Gasteiger partial charge in [-0.2, -0.15) is 0 Å². The van der Waals surface area contributed by atoms with Crippen molar-refractivity contribution >= 4 is 26.7 Å². The summed E-state index contributed by atoms with van der Waals surface area (Å²) < 4.78 is 6.68. The van der Waals surface area contributed by atoms with Crippen molar-refractivity contribution < 1.29 is 4.74 Å². The van der Waals surface area contributed by atoms with Crippen molar-refractivity contribution in [3.05, 3.63) is 24.3 Å². The van der Waals surface area contributed by atoms with E-state index in [-0.39, 0.29) is 0 Å². The highest BCUT2D eigenvalue weighted by molar-refractivity contribution is 7.22. The molecule has 1 saturated heterocycles. The van der Waals surface area contributed by atoms with Crippen molar-refractivity contribution in [2.45, 2.75) is 18.9 Å². The molecule has 0 aliphatic carbocycles. The summed E-state index contributed by atoms with van der Waals surface area (Å²) in [4.78, 5) is 4.56. The van der Waals surface area contributed by atoms with Crippen LogP contribution >= 0.6 is 11.3 Å². The van der Waals surface area contributed by atoms with Crippen LogP contribution in [0.2, 0.25) is 0 Å². The van der Waals surface area contributed by atoms with Crippen LogP contribution < -0.4 is 5.32 Å². The first kappa shape index (κ1) is 10.1. The third kappa shape index (κ3) is 2.03. The molecule has 1 aliphatic heterocycles. The lowest BCUT2D eigenvalue weighted by Gasteiger charge is -2.22. The monoisotopic (exact) mass is 234 g/mol. The molecule has 2 aromatic rings. The van der Waals surface area contributed by atoms with Crippen LogP contribution in [0, 0.1) is 0 Å². The third-order valence-electron chi connectivity index (χ3n) is 2.78. The Labute approximate surface area is 98.5 Å². The van der Waals surface area contributed by atoms with E-state index in [1.54, 1.807) is 11.3 Å². The van der Waals surface area contributed by atoms with E-state index in [0.717, 1.165) is 30.3 Å². The summed E-state index contributed by atoms with van der Waals surface area (Å²) in [5, 5.41) is 4.46. The van der Waals surface area contributed by atoms with Gasteiger partial charge in [0.15, 0.2) is 5.13 Å². The first-order valence-electron chi connectivity index (χ1n) is 5.62. The zero-order valence-corrected chi connectivity index (χ0v) is 9.80. The molecule has 1 aromatic heterocycles. The lowest BCUT2D eigenvalue weighted by molar-refractivity contribution is 0.0876. The number of aromatic nitrogens is 1. The fourth-order valence-corrected chi connectivity index (χ4v) is 2.91. The molecular weight excluding hydrogens is 220 g/mol. The van der Waals surface area contributed by atoms with Crippen LogP contribution in [0.3, 0.4) is 0 Å². The van der Waals surface area contributed by atoms with Crippen LogP contribution in [0.1, 0.15) is 12.8 Å². The summed E-state index contributed by atoms with van der Waals surface area (Å²) in [6.45, 7) is 1.70. The Morgan fingerprint density at radius 2 is 2.31 bits per heavy atom. The highest BCUT2D eigenvalue weighted by Crippen LogP contribution is 2.26. The Bertz CT molecular complexity index is 444. The maximum absolute atomic E-state index is 5.44. The smallest absolute Gasteiger partial charge is 0.184 e. The second-order valence-electron chi connectivity index (χ2n) is 4.05. The molecule has 84 valence electrons. The highest BCUT2D eigenvalue weighted by atomic mass is 32.1. The molecule has 0 spiro atoms. The Morgan fingerprint density at radius 1 is 1.38 bits per heavy atom. The minimum absolute atomic E-state index is 0.425. The molecule has 16 heavy (non-hydrogen) atoms. The maximum atomic E-state index is 5.44. The van der Waals surface area contributed by atoms with Gasteiger partial charge in [0.2, 0.25) is 0 Å². The number of anilines is 1. The summed E-state index contributed by atoms with van der Waals surface area (Å²) >= 11 is 1.71. The number of hydrogen-bond donors (Lipinski definition) is 1. The van der Waals surface area contributed by atoms with E-state index in [0.29, 0.717) is 6.04 Å². The van der Waals surface area contributed by atoms with Gasteiger partial charge in [-0.1, -0.05) is 23.5 Å². The molecule has 1 aliphatic rings. The summed E-state index contributed by atoms with van der Waals surface area (Å²) in [6, 6.07) is 8.65. The second kappa shape index (κ2) is 4.39. The standard InChI is InChI=1S/C12H14N2OS/c1-2-6-11-10(5-1)14-12(16-11)13-9-4-3-7-15-8-9/h1-2,5-6,9H,3-4,7-8H2,(H,13,14). The van der Waals surface area contributed by atoms with Crippen molar-refractivity contribution in [2.24, 2.45) is 0 Å². The fraction of sp³-hybridized carbons (Fsp3) is 0.417. The van der Waals surface area contributed by atoms with Crippen molar-refractivity contribution in [2.75, 3.05) is 18.5 Å². The first-order valence-corrected chi connectivity index (χ1v) is 6.43. The number of hydrogen-bond acceptors (Lipinski definition) is 4. The molecule has 1 aromatic carbocycles. The molecule has 0 bridgehead atoms. The van der Waals surface area contributed by atoms with Gasteiger partial charge >= 0.3 is 0 Å². The molecule has 1 unspecified atom stereocenters. The largest absolute Gasteiger partial charge is 0.379 e. The molecule has 0 amide bonds. The van der Waals surface area contributed by atoms with Crippen molar-refractivity contribution in [1.29, 1.82) is 0 Å². The molecule has 0 radical (unpaired) electrons. The average Bonchev–Trinajstić information content (AvgIpc) is 2.72. The van der Waals surface area contributed by atoms with Crippen LogP contribution in [-0.4, -0.2) is 24.2 Å². The Hall–Kier alpha value is -1.13. The van der Waals surface area contributed by atoms with Crippen LogP contribution in [-0.2, 0) is 4.74 Å². The topological polar surface area (TPSA) is 34.1 Å². The quantitative estimate of drug-likeness (QED) is 0.867. The minimum Gasteiger partial charge on any atom is -0.379 e. The van der Waals surface area contributed by atoms with Crippen molar-refractivity contribution in [1.82, 2.24) is 4.98 Å². The van der Waals surface area contributed by atoms with Gasteiger partial charge in [-0.25, -0.2) is 4.98 Å². The molecule has 2 heterocycles. The Kier molecular flexibility index (Phi) is 2.76. The van der Waals surface area contributed by atoms with Gasteiger partial charge in [-0.15, -0.1) is 0 Å². The number of fused-ring (bicyclic) bond motifs is 1. The molecule has 3 rings (SSSR count). The van der Waals surface area contributed by atoms with Crippen LogP contribution in [0.4, 0.5) is 5.13 Å². The van der Waals surface area contributed by atoms with E-state index < -0.39 is 0 Å². The van der Waals surface area contributed by atoms with E-state index >= 15 is 0 Å². The number of benzene rings is 1. The lowest BCUT2D eigenvalue weighted by Crippen LogP contribution is -2.29. The van der Waals surface area contributed by atoms with Gasteiger partial charge in [-0.05, 0) is 25.0 Å². The number of rotatable bonds is 2. The summed E-state index contributed by atoms with van der Waals surface area (Å²) in [7, 11) is 0. The third-order valence-corrected chi connectivity index (χ3v) is 3.75. The van der Waals surface area contributed by atoms with E-state index in [2.05, 4.69) is 16.4 Å². The normalized spacial score (nSPS) is 21.1. The van der Waals surface area contributed by atoms with Gasteiger partial charge in [0.25, 0.3) is 0 Å². The molecule has 4 heteroatoms. The zero-order chi connectivity index (χ0) is 10.8. The van der Waals surface area contributed by atoms with Gasteiger partial charge in [0.1, 0.15) is 0 Å². The lowest BCUT2D eigenvalue weighted by atomic mass is 10.1. The second-order valence-corrected chi connectivity index (χ2v) is 5.08. The van der Waals surface area contributed by atoms with Crippen LogP contribution in [0.15, 0.2) is 24.3 Å². The van der Waals surface area contributed by atoms with E-state index in [9.17, 15) is 0 Å². The highest BCUT2D eigenvalue weighted by Gasteiger charge is 2.14. The summed E-state index contributed by atoms with van der Waals surface area (Å²) in [5.74, 6) is 0. The molecule has 3 nitrogen and oxygen atoms in total. The summed E-state index contributed by atoms with van der Waals surface area (Å²) in [6.07, 6.45) is 2.32. The van der Waals surface area contributed by atoms with E-state index in [4.69, 9.17) is 4.74 Å². The molecule has 1 N–H and O–H groups in total. The molecule has 0 saturated carbocycles. The number of para-hydroxylation sites is 1. The molecular formula is C12H14N2OS. The van der Waals surface area contributed by atoms with Crippen molar-refractivity contribution in [3.8, 4) is 0 Å². The van der Waals surface area contributed by atoms with Gasteiger partial charge in [-0.3, -0.25) is 0 Å². The number of ether oxygens (including phenoxy) is 1. The maximum Gasteiger partial charge on any atom is 0.184 e. The number of nitrogens with one attached hydrogen (secondary N) is 1. The predicted molar refractivity (Wildman–Crippen MR) is 67.1 cm³/mol. The zero-order valence-electron chi connectivity index (χ0n) is 8.98. The Balaban J connectivity index is 1.78. The Morgan fingerprint density at radius 3 is 3.12 bits per heavy atom. The van der Waals surface area contributed by atoms with Gasteiger partial charge in [0, 0.05) is 6.61 Å². The number of thiazole rings is 1. The van der Waals surface area contributed by atoms with Crippen LogP contribution in [0.5, 0.6) is 0 Å². The van der Waals surface area contributed by atoms with Gasteiger partial charge in [0.05, 0.1) is 22.9 Å². The number of nitrogens with zero attached hydrogens (tertiary/aromatic N) is 1. The van der Waals surface area contributed by atoms with Crippen LogP contribution in [0.25, 0.3) is 10.2 Å². The van der Waals surface area contributed by atoms with Crippen molar-refractivity contribution in [3.63, 3.8) is 0 Å². The minimum atomic E-state index is 0.425. The van der Waals surface area contributed by atoms with E-state index in [1.807, 2.05) is 18.2 Å². The van der Waals surface area contributed by atoms with E-state index in [1.165, 1.54) is 11.1 Å². The average molecular weight is 234 g/mol. The predicted octanol–water partition coefficient (Wildman–Crippen LogP) is 2.89. The fourth-order valence-electron chi connectivity index (χ4n) is 1.96. The summed E-state index contributed by atoms with van der Waals surface area (Å²) in [5.41, 5.74) is 1.08. The molecule has 1 atom stereocenters.